The van der Waals surface area contributed by atoms with Gasteiger partial charge in [0.05, 0.1) is 12.5 Å². The molecule has 0 spiro atoms. The predicted octanol–water partition coefficient (Wildman–Crippen LogP) is 0.715. The second-order valence-corrected chi connectivity index (χ2v) is 6.18. The summed E-state index contributed by atoms with van der Waals surface area (Å²) >= 11 is 1.57. The number of carbonyl (C=O) groups excluding carboxylic acids is 2. The lowest BCUT2D eigenvalue weighted by atomic mass is 10.2. The Kier molecular flexibility index (Phi) is 5.28. The standard InChI is InChI=1S/C11H20N2O4S/c1-11(2,3)17-10(15)12-5-8-13-7(6-18-8)9(14)16-4/h7-8,13H,5-6H2,1-4H3,(H,12,15)/t7-,8+/m0/s1. The summed E-state index contributed by atoms with van der Waals surface area (Å²) in [5.41, 5.74) is -0.505. The van der Waals surface area contributed by atoms with Crippen molar-refractivity contribution in [3.8, 4) is 0 Å². The smallest absolute Gasteiger partial charge is 0.407 e. The van der Waals surface area contributed by atoms with E-state index in [1.807, 2.05) is 20.8 Å². The van der Waals surface area contributed by atoms with Gasteiger partial charge in [-0.1, -0.05) is 0 Å². The average molecular weight is 276 g/mol. The third-order valence-corrected chi connectivity index (χ3v) is 3.40. The van der Waals surface area contributed by atoms with Crippen LogP contribution in [0.2, 0.25) is 0 Å². The summed E-state index contributed by atoms with van der Waals surface area (Å²) in [5.74, 6) is 0.370. The molecule has 6 nitrogen and oxygen atoms in total. The lowest BCUT2D eigenvalue weighted by molar-refractivity contribution is -0.142. The van der Waals surface area contributed by atoms with E-state index in [9.17, 15) is 9.59 Å². The van der Waals surface area contributed by atoms with Crippen LogP contribution in [0.1, 0.15) is 20.8 Å². The highest BCUT2D eigenvalue weighted by Crippen LogP contribution is 2.18. The van der Waals surface area contributed by atoms with Crippen LogP contribution in [0, 0.1) is 0 Å². The molecule has 7 heteroatoms. The number of hydrogen-bond donors (Lipinski definition) is 2. The van der Waals surface area contributed by atoms with Crippen molar-refractivity contribution in [1.82, 2.24) is 10.6 Å². The first-order valence-electron chi connectivity index (χ1n) is 5.74. The lowest BCUT2D eigenvalue weighted by Crippen LogP contribution is -2.43. The van der Waals surface area contributed by atoms with Crippen molar-refractivity contribution >= 4 is 23.8 Å². The maximum atomic E-state index is 11.4. The van der Waals surface area contributed by atoms with Gasteiger partial charge in [0.1, 0.15) is 11.6 Å². The first kappa shape index (κ1) is 15.1. The fourth-order valence-electron chi connectivity index (χ4n) is 1.42. The highest BCUT2D eigenvalue weighted by atomic mass is 32.2. The van der Waals surface area contributed by atoms with Gasteiger partial charge in [-0.25, -0.2) is 4.79 Å². The van der Waals surface area contributed by atoms with E-state index in [1.54, 1.807) is 11.8 Å². The molecule has 0 bridgehead atoms. The fourth-order valence-corrected chi connectivity index (χ4v) is 2.54. The van der Waals surface area contributed by atoms with Crippen molar-refractivity contribution in [2.45, 2.75) is 37.8 Å². The van der Waals surface area contributed by atoms with Crippen LogP contribution in [-0.2, 0) is 14.3 Å². The minimum atomic E-state index is -0.505. The summed E-state index contributed by atoms with van der Waals surface area (Å²) in [6, 6.07) is -0.301. The van der Waals surface area contributed by atoms with Gasteiger partial charge in [0.25, 0.3) is 0 Å². The molecule has 0 radical (unpaired) electrons. The van der Waals surface area contributed by atoms with E-state index >= 15 is 0 Å². The van der Waals surface area contributed by atoms with Crippen molar-refractivity contribution in [2.75, 3.05) is 19.4 Å². The first-order valence-corrected chi connectivity index (χ1v) is 6.79. The number of rotatable bonds is 3. The van der Waals surface area contributed by atoms with Gasteiger partial charge in [-0.15, -0.1) is 11.8 Å². The molecule has 1 amide bonds. The molecule has 1 aliphatic rings. The Morgan fingerprint density at radius 2 is 2.11 bits per heavy atom. The van der Waals surface area contributed by atoms with Gasteiger partial charge in [0.15, 0.2) is 0 Å². The van der Waals surface area contributed by atoms with Crippen LogP contribution in [-0.4, -0.2) is 48.5 Å². The quantitative estimate of drug-likeness (QED) is 0.740. The van der Waals surface area contributed by atoms with Crippen LogP contribution in [0.3, 0.4) is 0 Å². The van der Waals surface area contributed by atoms with Gasteiger partial charge in [-0.3, -0.25) is 10.1 Å². The van der Waals surface area contributed by atoms with Crippen LogP contribution >= 0.6 is 11.8 Å². The van der Waals surface area contributed by atoms with E-state index in [0.29, 0.717) is 12.3 Å². The van der Waals surface area contributed by atoms with Crippen molar-refractivity contribution in [1.29, 1.82) is 0 Å². The zero-order chi connectivity index (χ0) is 13.8. The predicted molar refractivity (Wildman–Crippen MR) is 69.4 cm³/mol. The van der Waals surface area contributed by atoms with E-state index in [0.717, 1.165) is 0 Å². The molecule has 2 N–H and O–H groups in total. The number of esters is 1. The summed E-state index contributed by atoms with van der Waals surface area (Å²) < 4.78 is 9.76. The maximum Gasteiger partial charge on any atom is 0.407 e. The number of alkyl carbamates (subject to hydrolysis) is 1. The minimum absolute atomic E-state index is 0.00150. The molecule has 18 heavy (non-hydrogen) atoms. The molecule has 0 aromatic rings. The Labute approximate surface area is 111 Å². The van der Waals surface area contributed by atoms with Crippen LogP contribution in [0.5, 0.6) is 0 Å². The number of carbonyl (C=O) groups is 2. The van der Waals surface area contributed by atoms with E-state index in [-0.39, 0.29) is 17.4 Å². The number of hydrogen-bond acceptors (Lipinski definition) is 6. The largest absolute Gasteiger partial charge is 0.468 e. The molecule has 0 aromatic heterocycles. The molecule has 1 fully saturated rings. The summed E-state index contributed by atoms with van der Waals surface area (Å²) in [7, 11) is 1.36. The second-order valence-electron chi connectivity index (χ2n) is 4.95. The van der Waals surface area contributed by atoms with Crippen molar-refractivity contribution in [3.63, 3.8) is 0 Å². The van der Waals surface area contributed by atoms with Crippen LogP contribution < -0.4 is 10.6 Å². The monoisotopic (exact) mass is 276 g/mol. The Balaban J connectivity index is 2.26. The Morgan fingerprint density at radius 3 is 2.67 bits per heavy atom. The van der Waals surface area contributed by atoms with Gasteiger partial charge in [0, 0.05) is 12.3 Å². The number of ether oxygens (including phenoxy) is 2. The van der Waals surface area contributed by atoms with E-state index in [2.05, 4.69) is 15.4 Å². The molecule has 104 valence electrons. The average Bonchev–Trinajstić information content (AvgIpc) is 2.71. The van der Waals surface area contributed by atoms with Crippen LogP contribution in [0.4, 0.5) is 4.79 Å². The Morgan fingerprint density at radius 1 is 1.44 bits per heavy atom. The van der Waals surface area contributed by atoms with Crippen LogP contribution in [0.25, 0.3) is 0 Å². The molecular formula is C11H20N2O4S. The van der Waals surface area contributed by atoms with Gasteiger partial charge < -0.3 is 14.8 Å². The van der Waals surface area contributed by atoms with Crippen molar-refractivity contribution < 1.29 is 19.1 Å². The van der Waals surface area contributed by atoms with Gasteiger partial charge in [-0.05, 0) is 20.8 Å². The first-order chi connectivity index (χ1) is 8.31. The van der Waals surface area contributed by atoms with E-state index < -0.39 is 11.7 Å². The Hall–Kier alpha value is -0.950. The molecule has 1 saturated heterocycles. The number of methoxy groups -OCH3 is 1. The van der Waals surface area contributed by atoms with Gasteiger partial charge >= 0.3 is 12.1 Å². The SMILES string of the molecule is COC(=O)[C@@H]1CS[C@H](CNC(=O)OC(C)(C)C)N1. The van der Waals surface area contributed by atoms with Crippen LogP contribution in [0.15, 0.2) is 0 Å². The number of thioether (sulfide) groups is 1. The maximum absolute atomic E-state index is 11.4. The van der Waals surface area contributed by atoms with Crippen molar-refractivity contribution in [3.05, 3.63) is 0 Å². The summed E-state index contributed by atoms with van der Waals surface area (Å²) in [6.45, 7) is 5.83. The van der Waals surface area contributed by atoms with Crippen molar-refractivity contribution in [2.24, 2.45) is 0 Å². The normalized spacial score (nSPS) is 23.6. The highest BCUT2D eigenvalue weighted by molar-refractivity contribution is 8.00. The highest BCUT2D eigenvalue weighted by Gasteiger charge is 2.30. The zero-order valence-corrected chi connectivity index (χ0v) is 11.9. The Bertz CT molecular complexity index is 317. The molecule has 0 saturated carbocycles. The summed E-state index contributed by atoms with van der Waals surface area (Å²) in [4.78, 5) is 22.7. The molecule has 0 unspecified atom stereocenters. The lowest BCUT2D eigenvalue weighted by Gasteiger charge is -2.20. The third kappa shape index (κ3) is 5.14. The molecule has 0 aromatic carbocycles. The zero-order valence-electron chi connectivity index (χ0n) is 11.1. The molecule has 2 atom stereocenters. The second kappa shape index (κ2) is 6.29. The number of amides is 1. The van der Waals surface area contributed by atoms with Gasteiger partial charge in [-0.2, -0.15) is 0 Å². The molecule has 1 rings (SSSR count). The number of nitrogens with one attached hydrogen (secondary N) is 2. The summed E-state index contributed by atoms with van der Waals surface area (Å²) in [5, 5.41) is 5.74. The molecule has 1 heterocycles. The third-order valence-electron chi connectivity index (χ3n) is 2.17. The fraction of sp³-hybridized carbons (Fsp3) is 0.818. The van der Waals surface area contributed by atoms with Gasteiger partial charge in [0.2, 0.25) is 0 Å². The minimum Gasteiger partial charge on any atom is -0.468 e. The topological polar surface area (TPSA) is 76.7 Å². The molecule has 0 aliphatic carbocycles. The summed E-state index contributed by atoms with van der Waals surface area (Å²) in [6.07, 6.45) is -0.452. The molecule has 1 aliphatic heterocycles. The molecular weight excluding hydrogens is 256 g/mol. The van der Waals surface area contributed by atoms with E-state index in [4.69, 9.17) is 4.74 Å². The van der Waals surface area contributed by atoms with E-state index in [1.165, 1.54) is 7.11 Å².